The van der Waals surface area contributed by atoms with E-state index in [1.54, 1.807) is 24.9 Å². The Bertz CT molecular complexity index is 600. The number of hydrogen-bond acceptors (Lipinski definition) is 3. The molecule has 0 unspecified atom stereocenters. The van der Waals surface area contributed by atoms with E-state index in [-0.39, 0.29) is 12.6 Å². The van der Waals surface area contributed by atoms with Gasteiger partial charge in [-0.15, -0.1) is 0 Å². The maximum Gasteiger partial charge on any atom is 0.321 e. The summed E-state index contributed by atoms with van der Waals surface area (Å²) >= 11 is 0. The highest BCUT2D eigenvalue weighted by molar-refractivity contribution is 5.89. The fraction of sp³-hybridized carbons (Fsp3) is 0.375. The molecule has 1 aromatic carbocycles. The van der Waals surface area contributed by atoms with Gasteiger partial charge in [-0.25, -0.2) is 4.79 Å². The molecule has 6 heteroatoms. The first kappa shape index (κ1) is 16.0. The van der Waals surface area contributed by atoms with Gasteiger partial charge in [-0.1, -0.05) is 12.1 Å². The number of aromatic nitrogens is 2. The zero-order valence-corrected chi connectivity index (χ0v) is 13.1. The molecule has 0 bridgehead atoms. The number of amides is 2. The number of likely N-dealkylation sites (N-methyl/N-ethyl adjacent to an activating group) is 1. The fourth-order valence-corrected chi connectivity index (χ4v) is 2.15. The lowest BCUT2D eigenvalue weighted by atomic mass is 10.1. The van der Waals surface area contributed by atoms with Gasteiger partial charge in [-0.2, -0.15) is 5.10 Å². The smallest absolute Gasteiger partial charge is 0.321 e. The van der Waals surface area contributed by atoms with Crippen LogP contribution in [-0.4, -0.2) is 44.9 Å². The van der Waals surface area contributed by atoms with Crippen molar-refractivity contribution in [2.24, 2.45) is 0 Å². The number of urea groups is 1. The number of nitrogens with zero attached hydrogens (tertiary/aromatic N) is 2. The molecule has 0 spiro atoms. The lowest BCUT2D eigenvalue weighted by Crippen LogP contribution is -2.44. The van der Waals surface area contributed by atoms with E-state index in [9.17, 15) is 9.90 Å². The SMILES string of the molecule is CCN(CC(C)(C)O)C(=O)Nc1ccc(-c2ccn[nH]2)cc1. The van der Waals surface area contributed by atoms with Crippen LogP contribution in [0.25, 0.3) is 11.3 Å². The topological polar surface area (TPSA) is 81.2 Å². The van der Waals surface area contributed by atoms with Crippen LogP contribution in [0.5, 0.6) is 0 Å². The highest BCUT2D eigenvalue weighted by Crippen LogP contribution is 2.19. The molecule has 2 amide bonds. The second-order valence-corrected chi connectivity index (χ2v) is 5.80. The minimum Gasteiger partial charge on any atom is -0.389 e. The first-order valence-corrected chi connectivity index (χ1v) is 7.27. The molecular weight excluding hydrogens is 280 g/mol. The second kappa shape index (κ2) is 6.62. The first-order valence-electron chi connectivity index (χ1n) is 7.27. The molecule has 0 aliphatic heterocycles. The zero-order valence-electron chi connectivity index (χ0n) is 13.1. The van der Waals surface area contributed by atoms with Crippen molar-refractivity contribution in [1.29, 1.82) is 0 Å². The maximum absolute atomic E-state index is 12.2. The highest BCUT2D eigenvalue weighted by Gasteiger charge is 2.21. The monoisotopic (exact) mass is 302 g/mol. The Balaban J connectivity index is 2.02. The van der Waals surface area contributed by atoms with Gasteiger partial charge in [0.2, 0.25) is 0 Å². The molecule has 0 fully saturated rings. The number of benzene rings is 1. The van der Waals surface area contributed by atoms with E-state index in [0.29, 0.717) is 12.2 Å². The summed E-state index contributed by atoms with van der Waals surface area (Å²) < 4.78 is 0. The fourth-order valence-electron chi connectivity index (χ4n) is 2.15. The highest BCUT2D eigenvalue weighted by atomic mass is 16.3. The van der Waals surface area contributed by atoms with Crippen LogP contribution in [0.3, 0.4) is 0 Å². The molecule has 2 aromatic rings. The van der Waals surface area contributed by atoms with Gasteiger partial charge in [-0.05, 0) is 44.5 Å². The average Bonchev–Trinajstić information content (AvgIpc) is 2.98. The molecular formula is C16H22N4O2. The van der Waals surface area contributed by atoms with Gasteiger partial charge in [-0.3, -0.25) is 5.10 Å². The summed E-state index contributed by atoms with van der Waals surface area (Å²) in [6.45, 7) is 6.06. The molecule has 22 heavy (non-hydrogen) atoms. The van der Waals surface area contributed by atoms with Crippen molar-refractivity contribution >= 4 is 11.7 Å². The predicted molar refractivity (Wildman–Crippen MR) is 86.6 cm³/mol. The van der Waals surface area contributed by atoms with E-state index in [1.165, 1.54) is 0 Å². The lowest BCUT2D eigenvalue weighted by Gasteiger charge is -2.28. The van der Waals surface area contributed by atoms with Crippen LogP contribution in [-0.2, 0) is 0 Å². The van der Waals surface area contributed by atoms with E-state index < -0.39 is 5.60 Å². The van der Waals surface area contributed by atoms with Crippen molar-refractivity contribution < 1.29 is 9.90 Å². The number of aromatic amines is 1. The predicted octanol–water partition coefficient (Wildman–Crippen LogP) is 2.70. The Morgan fingerprint density at radius 3 is 2.50 bits per heavy atom. The van der Waals surface area contributed by atoms with Crippen molar-refractivity contribution in [2.45, 2.75) is 26.4 Å². The maximum atomic E-state index is 12.2. The minimum atomic E-state index is -0.919. The van der Waals surface area contributed by atoms with Crippen molar-refractivity contribution in [3.8, 4) is 11.3 Å². The summed E-state index contributed by atoms with van der Waals surface area (Å²) in [4.78, 5) is 13.8. The summed E-state index contributed by atoms with van der Waals surface area (Å²) in [5.74, 6) is 0. The molecule has 0 aliphatic carbocycles. The molecule has 3 N–H and O–H groups in total. The van der Waals surface area contributed by atoms with Crippen molar-refractivity contribution in [1.82, 2.24) is 15.1 Å². The molecule has 0 radical (unpaired) electrons. The molecule has 0 saturated heterocycles. The summed E-state index contributed by atoms with van der Waals surface area (Å²) in [5, 5.41) is 19.5. The van der Waals surface area contributed by atoms with E-state index >= 15 is 0 Å². The normalized spacial score (nSPS) is 11.3. The van der Waals surface area contributed by atoms with Crippen molar-refractivity contribution in [3.63, 3.8) is 0 Å². The van der Waals surface area contributed by atoms with Crippen LogP contribution < -0.4 is 5.32 Å². The van der Waals surface area contributed by atoms with Gasteiger partial charge in [0.15, 0.2) is 0 Å². The summed E-state index contributed by atoms with van der Waals surface area (Å²) in [6.07, 6.45) is 1.70. The zero-order chi connectivity index (χ0) is 16.2. The molecule has 1 heterocycles. The number of nitrogens with one attached hydrogen (secondary N) is 2. The molecule has 0 saturated carbocycles. The van der Waals surface area contributed by atoms with Crippen LogP contribution in [0.15, 0.2) is 36.5 Å². The standard InChI is InChI=1S/C16H22N4O2/c1-4-20(11-16(2,3)22)15(21)18-13-7-5-12(6-8-13)14-9-10-17-19-14/h5-10,22H,4,11H2,1-3H3,(H,17,19)(H,18,21). The number of anilines is 1. The largest absolute Gasteiger partial charge is 0.389 e. The molecule has 6 nitrogen and oxygen atoms in total. The van der Waals surface area contributed by atoms with Gasteiger partial charge in [0.25, 0.3) is 0 Å². The number of rotatable bonds is 5. The number of hydrogen-bond donors (Lipinski definition) is 3. The van der Waals surface area contributed by atoms with E-state index in [4.69, 9.17) is 0 Å². The Hall–Kier alpha value is -2.34. The second-order valence-electron chi connectivity index (χ2n) is 5.80. The molecule has 0 atom stereocenters. The third kappa shape index (κ3) is 4.33. The Morgan fingerprint density at radius 1 is 1.32 bits per heavy atom. The van der Waals surface area contributed by atoms with Crippen molar-refractivity contribution in [3.05, 3.63) is 36.5 Å². The van der Waals surface area contributed by atoms with Gasteiger partial charge in [0.1, 0.15) is 0 Å². The quantitative estimate of drug-likeness (QED) is 0.794. The van der Waals surface area contributed by atoms with E-state index in [0.717, 1.165) is 11.3 Å². The average molecular weight is 302 g/mol. The molecule has 118 valence electrons. The first-order chi connectivity index (χ1) is 10.4. The van der Waals surface area contributed by atoms with Gasteiger partial charge >= 0.3 is 6.03 Å². The number of carbonyl (C=O) groups excluding carboxylic acids is 1. The van der Waals surface area contributed by atoms with Crippen LogP contribution in [0.1, 0.15) is 20.8 Å². The Labute approximate surface area is 130 Å². The number of H-pyrrole nitrogens is 1. The Morgan fingerprint density at radius 2 is 2.00 bits per heavy atom. The van der Waals surface area contributed by atoms with Gasteiger partial charge in [0, 0.05) is 18.4 Å². The molecule has 2 rings (SSSR count). The summed E-state index contributed by atoms with van der Waals surface area (Å²) in [7, 11) is 0. The van der Waals surface area contributed by atoms with Crippen LogP contribution in [0.2, 0.25) is 0 Å². The van der Waals surface area contributed by atoms with Crippen LogP contribution >= 0.6 is 0 Å². The minimum absolute atomic E-state index is 0.223. The molecule has 1 aromatic heterocycles. The molecule has 0 aliphatic rings. The van der Waals surface area contributed by atoms with E-state index in [2.05, 4.69) is 15.5 Å². The van der Waals surface area contributed by atoms with E-state index in [1.807, 2.05) is 37.3 Å². The van der Waals surface area contributed by atoms with Crippen molar-refractivity contribution in [2.75, 3.05) is 18.4 Å². The summed E-state index contributed by atoms with van der Waals surface area (Å²) in [6, 6.07) is 9.16. The summed E-state index contributed by atoms with van der Waals surface area (Å²) in [5.41, 5.74) is 1.72. The van der Waals surface area contributed by atoms with Crippen LogP contribution in [0.4, 0.5) is 10.5 Å². The van der Waals surface area contributed by atoms with Crippen LogP contribution in [0, 0.1) is 0 Å². The third-order valence-corrected chi connectivity index (χ3v) is 3.19. The number of carbonyl (C=O) groups is 1. The Kier molecular flexibility index (Phi) is 4.82. The van der Waals surface area contributed by atoms with Gasteiger partial charge in [0.05, 0.1) is 17.8 Å². The van der Waals surface area contributed by atoms with Gasteiger partial charge < -0.3 is 15.3 Å². The third-order valence-electron chi connectivity index (χ3n) is 3.19. The lowest BCUT2D eigenvalue weighted by molar-refractivity contribution is 0.0501. The number of aliphatic hydroxyl groups is 1.